The molecule has 0 saturated heterocycles. The predicted molar refractivity (Wildman–Crippen MR) is 81.7 cm³/mol. The fourth-order valence-corrected chi connectivity index (χ4v) is 2.87. The van der Waals surface area contributed by atoms with Crippen LogP contribution in [0.2, 0.25) is 0 Å². The van der Waals surface area contributed by atoms with E-state index in [1.807, 2.05) is 0 Å². The van der Waals surface area contributed by atoms with Crippen molar-refractivity contribution in [3.05, 3.63) is 36.4 Å². The molecule has 0 aliphatic carbocycles. The molecule has 4 rings (SSSR count). The normalized spacial score (nSPS) is 11.4. The Kier molecular flexibility index (Phi) is 2.71. The van der Waals surface area contributed by atoms with E-state index in [-0.39, 0.29) is 5.69 Å². The minimum atomic E-state index is -1.08. The van der Waals surface area contributed by atoms with Crippen LogP contribution in [0.25, 0.3) is 33.2 Å². The molecule has 0 saturated carbocycles. The van der Waals surface area contributed by atoms with Crippen LogP contribution in [0.3, 0.4) is 0 Å². The van der Waals surface area contributed by atoms with E-state index in [0.717, 1.165) is 16.3 Å². The third-order valence-corrected chi connectivity index (χ3v) is 3.84. The lowest BCUT2D eigenvalue weighted by Gasteiger charge is -2.08. The highest BCUT2D eigenvalue weighted by atomic mass is 16.5. The zero-order valence-corrected chi connectivity index (χ0v) is 12.4. The van der Waals surface area contributed by atoms with Crippen molar-refractivity contribution >= 4 is 27.9 Å². The highest BCUT2D eigenvalue weighted by Crippen LogP contribution is 2.43. The molecule has 1 aromatic carbocycles. The molecule has 3 heterocycles. The van der Waals surface area contributed by atoms with E-state index in [0.29, 0.717) is 22.6 Å². The first kappa shape index (κ1) is 13.4. The van der Waals surface area contributed by atoms with Gasteiger partial charge in [0.1, 0.15) is 5.58 Å². The van der Waals surface area contributed by atoms with Crippen molar-refractivity contribution in [2.75, 3.05) is 7.11 Å². The quantitative estimate of drug-likeness (QED) is 0.624. The van der Waals surface area contributed by atoms with Crippen LogP contribution in [-0.4, -0.2) is 28.0 Å². The standard InChI is InChI=1S/C16H12N2O5/c1-18-11(7-10(17-18)16(19)20)12-8-3-5-23-15(8)14(21-2)9-4-6-22-13(9)12/h3-7H,1-2H3,(H,19,20). The summed E-state index contributed by atoms with van der Waals surface area (Å²) in [7, 11) is 3.25. The van der Waals surface area contributed by atoms with Gasteiger partial charge in [-0.3, -0.25) is 4.68 Å². The van der Waals surface area contributed by atoms with E-state index in [1.54, 1.807) is 38.8 Å². The Hall–Kier alpha value is -3.22. The van der Waals surface area contributed by atoms with E-state index >= 15 is 0 Å². The minimum Gasteiger partial charge on any atom is -0.492 e. The smallest absolute Gasteiger partial charge is 0.356 e. The zero-order chi connectivity index (χ0) is 16.1. The predicted octanol–water partition coefficient (Wildman–Crippen LogP) is 3.29. The monoisotopic (exact) mass is 312 g/mol. The Morgan fingerprint density at radius 2 is 1.91 bits per heavy atom. The lowest BCUT2D eigenvalue weighted by atomic mass is 10.0. The zero-order valence-electron chi connectivity index (χ0n) is 12.4. The number of aromatic carboxylic acids is 1. The Morgan fingerprint density at radius 1 is 1.22 bits per heavy atom. The summed E-state index contributed by atoms with van der Waals surface area (Å²) in [6, 6.07) is 5.09. The van der Waals surface area contributed by atoms with Gasteiger partial charge in [-0.05, 0) is 18.2 Å². The van der Waals surface area contributed by atoms with Crippen LogP contribution < -0.4 is 4.74 Å². The summed E-state index contributed by atoms with van der Waals surface area (Å²) < 4.78 is 18.2. The summed E-state index contributed by atoms with van der Waals surface area (Å²) in [5.74, 6) is -0.502. The molecule has 23 heavy (non-hydrogen) atoms. The molecule has 4 aromatic rings. The molecule has 0 spiro atoms. The maximum Gasteiger partial charge on any atom is 0.356 e. The molecule has 0 atom stereocenters. The number of aromatic nitrogens is 2. The number of furan rings is 2. The fraction of sp³-hybridized carbons (Fsp3) is 0.125. The van der Waals surface area contributed by atoms with E-state index in [1.165, 1.54) is 10.7 Å². The largest absolute Gasteiger partial charge is 0.492 e. The van der Waals surface area contributed by atoms with Gasteiger partial charge in [-0.2, -0.15) is 5.10 Å². The van der Waals surface area contributed by atoms with Gasteiger partial charge in [0.05, 0.1) is 36.3 Å². The number of rotatable bonds is 3. The van der Waals surface area contributed by atoms with Crippen molar-refractivity contribution in [3.8, 4) is 17.0 Å². The molecule has 0 unspecified atom stereocenters. The maximum atomic E-state index is 11.2. The molecule has 0 aliphatic rings. The number of ether oxygens (including phenoxy) is 1. The molecular weight excluding hydrogens is 300 g/mol. The molecule has 0 aliphatic heterocycles. The highest BCUT2D eigenvalue weighted by Gasteiger charge is 2.23. The maximum absolute atomic E-state index is 11.2. The SMILES string of the molecule is COc1c2ccoc2c(-c2cc(C(=O)O)nn2C)c2ccoc12. The van der Waals surface area contributed by atoms with Crippen molar-refractivity contribution < 1.29 is 23.5 Å². The topological polar surface area (TPSA) is 90.6 Å². The van der Waals surface area contributed by atoms with E-state index in [2.05, 4.69) is 5.10 Å². The summed E-state index contributed by atoms with van der Waals surface area (Å²) in [6.45, 7) is 0. The Morgan fingerprint density at radius 3 is 2.57 bits per heavy atom. The van der Waals surface area contributed by atoms with E-state index < -0.39 is 5.97 Å². The van der Waals surface area contributed by atoms with Crippen molar-refractivity contribution in [3.63, 3.8) is 0 Å². The van der Waals surface area contributed by atoms with Crippen LogP contribution in [0.1, 0.15) is 10.5 Å². The number of hydrogen-bond acceptors (Lipinski definition) is 5. The summed E-state index contributed by atoms with van der Waals surface area (Å²) in [5, 5.41) is 14.7. The number of carbonyl (C=O) groups is 1. The van der Waals surface area contributed by atoms with Gasteiger partial charge in [-0.25, -0.2) is 4.79 Å². The molecule has 0 fully saturated rings. The van der Waals surface area contributed by atoms with Gasteiger partial charge in [0, 0.05) is 12.4 Å². The average Bonchev–Trinajstić information content (AvgIpc) is 3.23. The number of carboxylic acids is 1. The summed E-state index contributed by atoms with van der Waals surface area (Å²) in [6.07, 6.45) is 3.12. The first-order chi connectivity index (χ1) is 11.1. The van der Waals surface area contributed by atoms with Crippen LogP contribution >= 0.6 is 0 Å². The van der Waals surface area contributed by atoms with Gasteiger partial charge >= 0.3 is 5.97 Å². The van der Waals surface area contributed by atoms with Gasteiger partial charge in [-0.15, -0.1) is 0 Å². The van der Waals surface area contributed by atoms with Gasteiger partial charge in [-0.1, -0.05) is 0 Å². The van der Waals surface area contributed by atoms with Crippen LogP contribution in [-0.2, 0) is 7.05 Å². The molecule has 0 radical (unpaired) electrons. The second-order valence-electron chi connectivity index (χ2n) is 5.08. The van der Waals surface area contributed by atoms with E-state index in [4.69, 9.17) is 18.7 Å². The molecule has 3 aromatic heterocycles. The number of hydrogen-bond donors (Lipinski definition) is 1. The lowest BCUT2D eigenvalue weighted by Crippen LogP contribution is -1.99. The highest BCUT2D eigenvalue weighted by molar-refractivity contribution is 6.13. The molecular formula is C16H12N2O5. The first-order valence-corrected chi connectivity index (χ1v) is 6.84. The second kappa shape index (κ2) is 4.64. The van der Waals surface area contributed by atoms with Crippen LogP contribution in [0, 0.1) is 0 Å². The molecule has 7 heteroatoms. The van der Waals surface area contributed by atoms with Crippen LogP contribution in [0.15, 0.2) is 39.6 Å². The molecule has 7 nitrogen and oxygen atoms in total. The number of nitrogens with zero attached hydrogens (tertiary/aromatic N) is 2. The summed E-state index contributed by atoms with van der Waals surface area (Å²) in [4.78, 5) is 11.2. The third-order valence-electron chi connectivity index (χ3n) is 3.84. The van der Waals surface area contributed by atoms with Crippen LogP contribution in [0.4, 0.5) is 0 Å². The number of aryl methyl sites for hydroxylation is 1. The Balaban J connectivity index is 2.16. The molecule has 116 valence electrons. The summed E-state index contributed by atoms with van der Waals surface area (Å²) in [5.41, 5.74) is 2.48. The van der Waals surface area contributed by atoms with Gasteiger partial charge in [0.2, 0.25) is 0 Å². The third kappa shape index (κ3) is 1.76. The van der Waals surface area contributed by atoms with Crippen molar-refractivity contribution in [2.24, 2.45) is 7.05 Å². The summed E-state index contributed by atoms with van der Waals surface area (Å²) >= 11 is 0. The average molecular weight is 312 g/mol. The van der Waals surface area contributed by atoms with Crippen molar-refractivity contribution in [1.29, 1.82) is 0 Å². The molecule has 1 N–H and O–H groups in total. The van der Waals surface area contributed by atoms with Gasteiger partial charge in [0.25, 0.3) is 0 Å². The number of carboxylic acid groups (broad SMARTS) is 1. The van der Waals surface area contributed by atoms with Crippen molar-refractivity contribution in [1.82, 2.24) is 9.78 Å². The lowest BCUT2D eigenvalue weighted by molar-refractivity contribution is 0.0689. The van der Waals surface area contributed by atoms with Crippen molar-refractivity contribution in [2.45, 2.75) is 0 Å². The second-order valence-corrected chi connectivity index (χ2v) is 5.08. The number of benzene rings is 1. The Bertz CT molecular complexity index is 1000. The van der Waals surface area contributed by atoms with Gasteiger partial charge < -0.3 is 18.7 Å². The van der Waals surface area contributed by atoms with Crippen LogP contribution in [0.5, 0.6) is 5.75 Å². The minimum absolute atomic E-state index is 0.0327. The first-order valence-electron chi connectivity index (χ1n) is 6.84. The van der Waals surface area contributed by atoms with E-state index in [9.17, 15) is 4.79 Å². The number of methoxy groups -OCH3 is 1. The van der Waals surface area contributed by atoms with Gasteiger partial charge in [0.15, 0.2) is 17.0 Å². The molecule has 0 bridgehead atoms. The number of fused-ring (bicyclic) bond motifs is 2. The Labute approximate surface area is 129 Å². The molecule has 0 amide bonds. The fourth-order valence-electron chi connectivity index (χ4n) is 2.87.